The summed E-state index contributed by atoms with van der Waals surface area (Å²) in [5.41, 5.74) is 13.9. The number of imidazole rings is 1. The molecule has 0 bridgehead atoms. The molecule has 5 aromatic heterocycles. The van der Waals surface area contributed by atoms with Crippen molar-refractivity contribution in [2.75, 3.05) is 86.9 Å². The van der Waals surface area contributed by atoms with Gasteiger partial charge in [0.1, 0.15) is 34.8 Å². The number of nitrogen functional groups attached to an aromatic ring is 1. The van der Waals surface area contributed by atoms with Crippen LogP contribution in [0.5, 0.6) is 5.75 Å². The third-order valence-corrected chi connectivity index (χ3v) is 16.3. The van der Waals surface area contributed by atoms with E-state index >= 15 is 0 Å². The number of carbonyl (C=O) groups excluding carboxylic acids is 5. The van der Waals surface area contributed by atoms with E-state index in [1.807, 2.05) is 65.3 Å². The Morgan fingerprint density at radius 1 is 0.840 bits per heavy atom. The summed E-state index contributed by atoms with van der Waals surface area (Å²) >= 11 is 0. The monoisotopic (exact) mass is 1090 g/mol. The third kappa shape index (κ3) is 10.7. The number of methoxy groups -OCH3 is 1. The maximum absolute atomic E-state index is 13.8. The van der Waals surface area contributed by atoms with E-state index in [1.165, 1.54) is 0 Å². The number of hydrogen-bond donors (Lipinski definition) is 3. The molecule has 414 valence electrons. The van der Waals surface area contributed by atoms with Gasteiger partial charge < -0.3 is 30.5 Å². The smallest absolute Gasteiger partial charge is 0.264 e. The molecule has 4 saturated heterocycles. The number of nitrogens with zero attached hydrogens (tertiary/aromatic N) is 12. The van der Waals surface area contributed by atoms with E-state index in [1.54, 1.807) is 37.7 Å². The van der Waals surface area contributed by atoms with Crippen LogP contribution < -0.4 is 30.9 Å². The van der Waals surface area contributed by atoms with E-state index < -0.39 is 29.7 Å². The van der Waals surface area contributed by atoms with Gasteiger partial charge in [0.25, 0.3) is 11.8 Å². The van der Waals surface area contributed by atoms with Crippen molar-refractivity contribution in [3.63, 3.8) is 0 Å². The number of likely N-dealkylation sites (tertiary alicyclic amines) is 1. The molecule has 5 aliphatic rings. The quantitative estimate of drug-likeness (QED) is 0.0938. The number of nitrogens with two attached hydrogens (primary N) is 1. The molecule has 81 heavy (non-hydrogen) atoms. The van der Waals surface area contributed by atoms with Gasteiger partial charge in [-0.25, -0.2) is 19.9 Å². The summed E-state index contributed by atoms with van der Waals surface area (Å²) < 4.78 is 10.00. The summed E-state index contributed by atoms with van der Waals surface area (Å²) in [6.07, 6.45) is 11.4. The zero-order valence-corrected chi connectivity index (χ0v) is 45.4. The van der Waals surface area contributed by atoms with Crippen LogP contribution >= 0.6 is 0 Å². The van der Waals surface area contributed by atoms with Crippen molar-refractivity contribution in [2.24, 2.45) is 5.92 Å². The molecule has 5 aliphatic heterocycles. The molecule has 21 heteroatoms. The van der Waals surface area contributed by atoms with Crippen LogP contribution in [-0.4, -0.2) is 151 Å². The summed E-state index contributed by atoms with van der Waals surface area (Å²) in [5, 5.41) is 10.2. The summed E-state index contributed by atoms with van der Waals surface area (Å²) in [5.74, 6) is 7.70. The molecular formula is C60H63N15O6. The number of fused-ring (bicyclic) bond motifs is 2. The van der Waals surface area contributed by atoms with Crippen LogP contribution in [0, 0.1) is 24.7 Å². The van der Waals surface area contributed by atoms with E-state index in [4.69, 9.17) is 25.4 Å². The fourth-order valence-electron chi connectivity index (χ4n) is 11.9. The Kier molecular flexibility index (Phi) is 14.6. The molecule has 0 saturated carbocycles. The fraction of sp³-hybridized carbons (Fsp3) is 0.367. The predicted octanol–water partition coefficient (Wildman–Crippen LogP) is 5.63. The van der Waals surface area contributed by atoms with Gasteiger partial charge in [-0.15, -0.1) is 0 Å². The van der Waals surface area contributed by atoms with E-state index in [0.717, 1.165) is 145 Å². The number of rotatable bonds is 13. The zero-order valence-electron chi connectivity index (χ0n) is 45.4. The number of aromatic nitrogens is 7. The van der Waals surface area contributed by atoms with Crippen molar-refractivity contribution < 1.29 is 28.7 Å². The van der Waals surface area contributed by atoms with E-state index in [9.17, 15) is 24.0 Å². The number of piperazine rings is 1. The lowest BCUT2D eigenvalue weighted by molar-refractivity contribution is -0.138. The maximum Gasteiger partial charge on any atom is 0.264 e. The first-order valence-corrected chi connectivity index (χ1v) is 27.8. The lowest BCUT2D eigenvalue weighted by Crippen LogP contribution is -2.54. The topological polar surface area (TPSA) is 235 Å². The summed E-state index contributed by atoms with van der Waals surface area (Å²) in [7, 11) is 1.72. The van der Waals surface area contributed by atoms with Crippen molar-refractivity contribution >= 4 is 63.7 Å². The maximum atomic E-state index is 13.8. The molecule has 0 spiro atoms. The number of nitrogens with one attached hydrogen (secondary N) is 2. The van der Waals surface area contributed by atoms with Gasteiger partial charge in [0.15, 0.2) is 5.65 Å². The lowest BCUT2D eigenvalue weighted by Gasteiger charge is -2.37. The van der Waals surface area contributed by atoms with Crippen molar-refractivity contribution in [3.05, 3.63) is 126 Å². The minimum Gasteiger partial charge on any atom is -0.495 e. The molecule has 1 atom stereocenters. The van der Waals surface area contributed by atoms with Gasteiger partial charge in [0.2, 0.25) is 17.7 Å². The first-order valence-electron chi connectivity index (χ1n) is 27.8. The molecule has 10 heterocycles. The lowest BCUT2D eigenvalue weighted by atomic mass is 9.93. The summed E-state index contributed by atoms with van der Waals surface area (Å²) in [6, 6.07) is 22.2. The Labute approximate surface area is 468 Å². The molecule has 7 aromatic rings. The Morgan fingerprint density at radius 3 is 2.43 bits per heavy atom. The van der Waals surface area contributed by atoms with Gasteiger partial charge >= 0.3 is 0 Å². The van der Waals surface area contributed by atoms with Crippen LogP contribution in [0.15, 0.2) is 97.6 Å². The van der Waals surface area contributed by atoms with Gasteiger partial charge in [0.05, 0.1) is 47.5 Å². The van der Waals surface area contributed by atoms with Crippen molar-refractivity contribution in [3.8, 4) is 34.5 Å². The molecule has 1 unspecified atom stereocenters. The van der Waals surface area contributed by atoms with Crippen molar-refractivity contribution in [1.29, 1.82) is 0 Å². The minimum absolute atomic E-state index is 0.0204. The Balaban J connectivity index is 0.565. The van der Waals surface area contributed by atoms with Gasteiger partial charge in [-0.3, -0.25) is 48.3 Å². The number of pyridine rings is 3. The van der Waals surface area contributed by atoms with Gasteiger partial charge in [-0.1, -0.05) is 17.9 Å². The fourth-order valence-corrected chi connectivity index (χ4v) is 11.9. The van der Waals surface area contributed by atoms with Crippen LogP contribution in [0.2, 0.25) is 0 Å². The Morgan fingerprint density at radius 2 is 1.67 bits per heavy atom. The number of carbonyl (C=O) groups is 5. The largest absolute Gasteiger partial charge is 0.495 e. The molecule has 12 rings (SSSR count). The van der Waals surface area contributed by atoms with E-state index in [0.29, 0.717) is 31.1 Å². The second-order valence-electron chi connectivity index (χ2n) is 21.3. The zero-order chi connectivity index (χ0) is 55.7. The highest BCUT2D eigenvalue weighted by Gasteiger charge is 2.46. The van der Waals surface area contributed by atoms with Crippen LogP contribution in [0.1, 0.15) is 88.7 Å². The number of benzene rings is 2. The molecule has 5 amide bonds. The number of anilines is 4. The van der Waals surface area contributed by atoms with Gasteiger partial charge in [0, 0.05) is 131 Å². The second kappa shape index (κ2) is 22.5. The molecule has 0 radical (unpaired) electrons. The van der Waals surface area contributed by atoms with E-state index in [2.05, 4.69) is 70.0 Å². The number of hydrogen-bond acceptors (Lipinski definition) is 16. The predicted molar refractivity (Wildman–Crippen MR) is 305 cm³/mol. The van der Waals surface area contributed by atoms with Crippen molar-refractivity contribution in [1.82, 2.24) is 54.3 Å². The minimum atomic E-state index is -1.03. The van der Waals surface area contributed by atoms with E-state index in [-0.39, 0.29) is 41.8 Å². The standard InChI is InChI=1S/C60H63N15O6/c1-38-66-48-12-11-46(42-17-22-62-52(61)32-42)67-56(48)74(38)44-10-13-49(51(33-44)81-2)70-30-28-69(29-31-70)23-4-3-6-39-9-15-53(64-34-39)71-24-18-41(19-25-71)58(78)72-26-20-43(21-27-72)73-37-40(36-65-73)35-63-47-8-5-7-45-55(47)60(80)75(59(45)79)50-14-16-54(76)68-57(50)77/h5,7-13,15,17,22,32-34,36-37,41,43,50,63H,4,14,16,18-21,23-31,35H2,1-2H3,(H2,61,62)(H,68,76,77). The van der Waals surface area contributed by atoms with Crippen LogP contribution in [-0.2, 0) is 20.9 Å². The molecular weight excluding hydrogens is 1030 g/mol. The van der Waals surface area contributed by atoms with Crippen LogP contribution in [0.25, 0.3) is 28.1 Å². The summed E-state index contributed by atoms with van der Waals surface area (Å²) in [6.45, 7) is 9.67. The number of aryl methyl sites for hydroxylation is 1. The third-order valence-electron chi connectivity index (χ3n) is 16.3. The van der Waals surface area contributed by atoms with Gasteiger partial charge in [-0.2, -0.15) is 5.10 Å². The highest BCUT2D eigenvalue weighted by Crippen LogP contribution is 2.36. The molecule has 0 aliphatic carbocycles. The molecule has 21 nitrogen and oxygen atoms in total. The molecule has 4 N–H and O–H groups in total. The number of piperidine rings is 3. The first kappa shape index (κ1) is 52.5. The van der Waals surface area contributed by atoms with Crippen molar-refractivity contribution in [2.45, 2.75) is 70.5 Å². The number of amides is 5. The number of ether oxygens (including phenoxy) is 1. The van der Waals surface area contributed by atoms with Gasteiger partial charge in [-0.05, 0) is 99.7 Å². The SMILES string of the molecule is COc1cc(-n2c(C)nc3ccc(-c4ccnc(N)c4)nc32)ccc1N1CCN(CCC#Cc2ccc(N3CCC(C(=O)N4CCC(n5cc(CNc6cccc7c6C(=O)N(C6CCC(=O)NC6=O)C7=O)cn5)CC4)CC3)nc2)CC1. The normalized spacial score (nSPS) is 18.3. The average Bonchev–Trinajstić information content (AvgIpc) is 4.35. The Hall–Kier alpha value is -9.16. The number of imide groups is 2. The highest BCUT2D eigenvalue weighted by molar-refractivity contribution is 6.25. The average molecular weight is 1090 g/mol. The van der Waals surface area contributed by atoms with Crippen LogP contribution in [0.4, 0.5) is 23.0 Å². The molecule has 4 fully saturated rings. The Bertz CT molecular complexity index is 3630. The molecule has 2 aromatic carbocycles. The second-order valence-corrected chi connectivity index (χ2v) is 21.3. The summed E-state index contributed by atoms with van der Waals surface area (Å²) in [4.78, 5) is 93.6. The van der Waals surface area contributed by atoms with Crippen LogP contribution in [0.3, 0.4) is 0 Å². The highest BCUT2D eigenvalue weighted by atomic mass is 16.5. The first-order chi connectivity index (χ1) is 39.5.